The van der Waals surface area contributed by atoms with Gasteiger partial charge >= 0.3 is 0 Å². The fourth-order valence-corrected chi connectivity index (χ4v) is 3.10. The summed E-state index contributed by atoms with van der Waals surface area (Å²) in [5.74, 6) is 0. The molecule has 1 aliphatic rings. The van der Waals surface area contributed by atoms with Crippen LogP contribution in [0.3, 0.4) is 0 Å². The molecule has 1 atom stereocenters. The lowest BCUT2D eigenvalue weighted by molar-refractivity contribution is 0.184. The van der Waals surface area contributed by atoms with Crippen molar-refractivity contribution >= 4 is 0 Å². The minimum absolute atomic E-state index is 0.644. The average molecular weight is 277 g/mol. The van der Waals surface area contributed by atoms with Crippen LogP contribution >= 0.6 is 0 Å². The number of hydrogen-bond acceptors (Lipinski definition) is 1. The van der Waals surface area contributed by atoms with E-state index in [1.807, 2.05) is 0 Å². The number of benzene rings is 2. The van der Waals surface area contributed by atoms with Crippen LogP contribution < -0.4 is 0 Å². The van der Waals surface area contributed by atoms with Crippen molar-refractivity contribution in [2.45, 2.75) is 38.9 Å². The second-order valence-corrected chi connectivity index (χ2v) is 6.02. The summed E-state index contributed by atoms with van der Waals surface area (Å²) in [6.07, 6.45) is 4.79. The third kappa shape index (κ3) is 3.83. The highest BCUT2D eigenvalue weighted by molar-refractivity contribution is 5.19. The van der Waals surface area contributed by atoms with Crippen molar-refractivity contribution in [1.29, 1.82) is 0 Å². The zero-order chi connectivity index (χ0) is 14.5. The van der Waals surface area contributed by atoms with Gasteiger partial charge in [-0.25, -0.2) is 0 Å². The fraction of sp³-hybridized carbons (Fsp3) is 0.300. The molecule has 0 aliphatic heterocycles. The highest BCUT2D eigenvalue weighted by Gasteiger charge is 2.22. The minimum Gasteiger partial charge on any atom is -0.291 e. The molecule has 21 heavy (non-hydrogen) atoms. The van der Waals surface area contributed by atoms with Crippen LogP contribution in [0.15, 0.2) is 72.3 Å². The van der Waals surface area contributed by atoms with Gasteiger partial charge in [-0.2, -0.15) is 0 Å². The van der Waals surface area contributed by atoms with Gasteiger partial charge in [0.25, 0.3) is 0 Å². The molecule has 0 saturated heterocycles. The Morgan fingerprint density at radius 1 is 0.857 bits per heavy atom. The highest BCUT2D eigenvalue weighted by Crippen LogP contribution is 2.26. The Kier molecular flexibility index (Phi) is 4.52. The third-order valence-electron chi connectivity index (χ3n) is 4.27. The summed E-state index contributed by atoms with van der Waals surface area (Å²) in [5, 5.41) is 0. The lowest BCUT2D eigenvalue weighted by Crippen LogP contribution is -2.32. The Hall–Kier alpha value is -1.86. The molecule has 0 bridgehead atoms. The molecule has 2 aromatic carbocycles. The van der Waals surface area contributed by atoms with E-state index in [0.29, 0.717) is 6.04 Å². The van der Waals surface area contributed by atoms with E-state index in [-0.39, 0.29) is 0 Å². The zero-order valence-corrected chi connectivity index (χ0v) is 12.7. The molecule has 0 N–H and O–H groups in total. The Morgan fingerprint density at radius 3 is 1.81 bits per heavy atom. The fourth-order valence-electron chi connectivity index (χ4n) is 3.10. The SMILES string of the molecule is CC1=CCC(N(Cc2ccccc2)Cc2ccccc2)C1. The first-order valence-corrected chi connectivity index (χ1v) is 7.79. The van der Waals surface area contributed by atoms with Crippen LogP contribution in [-0.2, 0) is 13.1 Å². The van der Waals surface area contributed by atoms with Gasteiger partial charge in [-0.05, 0) is 30.9 Å². The van der Waals surface area contributed by atoms with Crippen LogP contribution in [-0.4, -0.2) is 10.9 Å². The minimum atomic E-state index is 0.644. The van der Waals surface area contributed by atoms with Crippen molar-refractivity contribution < 1.29 is 0 Å². The van der Waals surface area contributed by atoms with Gasteiger partial charge in [0.2, 0.25) is 0 Å². The molecule has 0 spiro atoms. The standard InChI is InChI=1S/C20H23N/c1-17-12-13-20(14-17)21(15-18-8-4-2-5-9-18)16-19-10-6-3-7-11-19/h2-12,20H,13-16H2,1H3. The van der Waals surface area contributed by atoms with Crippen molar-refractivity contribution in [3.05, 3.63) is 83.4 Å². The number of rotatable bonds is 5. The molecule has 0 heterocycles. The van der Waals surface area contributed by atoms with E-state index in [2.05, 4.69) is 78.6 Å². The molecule has 1 unspecified atom stereocenters. The predicted octanol–water partition coefficient (Wildman–Crippen LogP) is 4.80. The van der Waals surface area contributed by atoms with Crippen molar-refractivity contribution in [2.75, 3.05) is 0 Å². The van der Waals surface area contributed by atoms with E-state index in [4.69, 9.17) is 0 Å². The van der Waals surface area contributed by atoms with Gasteiger partial charge in [0.15, 0.2) is 0 Å². The van der Waals surface area contributed by atoms with E-state index in [9.17, 15) is 0 Å². The largest absolute Gasteiger partial charge is 0.291 e. The van der Waals surface area contributed by atoms with Gasteiger partial charge in [-0.1, -0.05) is 72.3 Å². The van der Waals surface area contributed by atoms with E-state index in [1.165, 1.54) is 29.5 Å². The predicted molar refractivity (Wildman–Crippen MR) is 88.9 cm³/mol. The van der Waals surface area contributed by atoms with Crippen LogP contribution in [0.25, 0.3) is 0 Å². The Bertz CT molecular complexity index is 544. The first kappa shape index (κ1) is 14.1. The number of nitrogens with zero attached hydrogens (tertiary/aromatic N) is 1. The van der Waals surface area contributed by atoms with Gasteiger partial charge in [0.1, 0.15) is 0 Å². The summed E-state index contributed by atoms with van der Waals surface area (Å²) in [4.78, 5) is 2.62. The van der Waals surface area contributed by atoms with Crippen LogP contribution in [0.2, 0.25) is 0 Å². The summed E-state index contributed by atoms with van der Waals surface area (Å²) < 4.78 is 0. The maximum absolute atomic E-state index is 2.62. The Labute approximate surface area is 127 Å². The highest BCUT2D eigenvalue weighted by atomic mass is 15.2. The maximum Gasteiger partial charge on any atom is 0.0240 e. The monoisotopic (exact) mass is 277 g/mol. The maximum atomic E-state index is 2.62. The first-order chi connectivity index (χ1) is 10.3. The molecule has 2 aromatic rings. The Morgan fingerprint density at radius 2 is 1.38 bits per heavy atom. The van der Waals surface area contributed by atoms with E-state index < -0.39 is 0 Å². The number of hydrogen-bond donors (Lipinski definition) is 0. The molecule has 1 nitrogen and oxygen atoms in total. The summed E-state index contributed by atoms with van der Waals surface area (Å²) in [6.45, 7) is 4.31. The molecule has 108 valence electrons. The second-order valence-electron chi connectivity index (χ2n) is 6.02. The molecule has 1 heteroatoms. The molecule has 3 rings (SSSR count). The molecular weight excluding hydrogens is 254 g/mol. The Balaban J connectivity index is 1.74. The second kappa shape index (κ2) is 6.73. The molecule has 0 radical (unpaired) electrons. The van der Waals surface area contributed by atoms with Gasteiger partial charge in [0, 0.05) is 19.1 Å². The molecule has 1 aliphatic carbocycles. The van der Waals surface area contributed by atoms with Crippen molar-refractivity contribution in [1.82, 2.24) is 4.90 Å². The molecule has 0 aromatic heterocycles. The van der Waals surface area contributed by atoms with Crippen LogP contribution in [0.4, 0.5) is 0 Å². The normalized spacial score (nSPS) is 18.0. The molecule has 0 fully saturated rings. The summed E-state index contributed by atoms with van der Waals surface area (Å²) in [5.41, 5.74) is 4.34. The smallest absolute Gasteiger partial charge is 0.0240 e. The van der Waals surface area contributed by atoms with E-state index in [0.717, 1.165) is 13.1 Å². The van der Waals surface area contributed by atoms with Crippen molar-refractivity contribution in [2.24, 2.45) is 0 Å². The average Bonchev–Trinajstić information content (AvgIpc) is 2.95. The van der Waals surface area contributed by atoms with Crippen LogP contribution in [0, 0.1) is 0 Å². The quantitative estimate of drug-likeness (QED) is 0.710. The summed E-state index contributed by atoms with van der Waals surface area (Å²) in [6, 6.07) is 22.3. The van der Waals surface area contributed by atoms with Crippen LogP contribution in [0.1, 0.15) is 30.9 Å². The van der Waals surface area contributed by atoms with Gasteiger partial charge < -0.3 is 0 Å². The lowest BCUT2D eigenvalue weighted by Gasteiger charge is -2.29. The van der Waals surface area contributed by atoms with Crippen molar-refractivity contribution in [3.8, 4) is 0 Å². The zero-order valence-electron chi connectivity index (χ0n) is 12.7. The first-order valence-electron chi connectivity index (χ1n) is 7.79. The molecule has 0 amide bonds. The summed E-state index contributed by atoms with van der Waals surface area (Å²) >= 11 is 0. The van der Waals surface area contributed by atoms with E-state index in [1.54, 1.807) is 0 Å². The lowest BCUT2D eigenvalue weighted by atomic mass is 10.1. The van der Waals surface area contributed by atoms with Crippen LogP contribution in [0.5, 0.6) is 0 Å². The third-order valence-corrected chi connectivity index (χ3v) is 4.27. The van der Waals surface area contributed by atoms with E-state index >= 15 is 0 Å². The summed E-state index contributed by atoms with van der Waals surface area (Å²) in [7, 11) is 0. The topological polar surface area (TPSA) is 3.24 Å². The van der Waals surface area contributed by atoms with Crippen molar-refractivity contribution in [3.63, 3.8) is 0 Å². The van der Waals surface area contributed by atoms with Gasteiger partial charge in [0.05, 0.1) is 0 Å². The molecular formula is C20H23N. The molecule has 0 saturated carbocycles. The van der Waals surface area contributed by atoms with Gasteiger partial charge in [-0.3, -0.25) is 4.90 Å². The van der Waals surface area contributed by atoms with Gasteiger partial charge in [-0.15, -0.1) is 0 Å².